The number of rotatable bonds is 0. The molecule has 0 saturated heterocycles. The Labute approximate surface area is 44.0 Å². The Hall–Kier alpha value is -0.660. The van der Waals surface area contributed by atoms with Crippen LogP contribution in [0, 0.1) is 0 Å². The summed E-state index contributed by atoms with van der Waals surface area (Å²) in [6, 6.07) is 0. The Morgan fingerprint density at radius 3 is 2.57 bits per heavy atom. The van der Waals surface area contributed by atoms with Crippen LogP contribution < -0.4 is 0 Å². The molecule has 0 unspecified atom stereocenters. The van der Waals surface area contributed by atoms with Gasteiger partial charge in [0.25, 0.3) is 0 Å². The van der Waals surface area contributed by atoms with E-state index in [0.29, 0.717) is 0 Å². The zero-order valence-electron chi connectivity index (χ0n) is 3.68. The monoisotopic (exact) mass is 98.1 g/mol. The van der Waals surface area contributed by atoms with Gasteiger partial charge in [-0.05, 0) is 13.0 Å². The third-order valence-electron chi connectivity index (χ3n) is 0.697. The summed E-state index contributed by atoms with van der Waals surface area (Å²) in [5.41, 5.74) is 1.04. The SMILES string of the molecule is C.CC1=CCN=N1. The predicted molar refractivity (Wildman–Crippen MR) is 30.2 cm³/mol. The summed E-state index contributed by atoms with van der Waals surface area (Å²) >= 11 is 0. The van der Waals surface area contributed by atoms with Gasteiger partial charge in [-0.15, -0.1) is 0 Å². The fourth-order valence-corrected chi connectivity index (χ4v) is 0.366. The highest BCUT2D eigenvalue weighted by Crippen LogP contribution is 2.01. The molecular weight excluding hydrogens is 88.1 g/mol. The van der Waals surface area contributed by atoms with Gasteiger partial charge in [-0.25, -0.2) is 0 Å². The lowest BCUT2D eigenvalue weighted by Gasteiger charge is -1.69. The molecule has 1 aliphatic heterocycles. The van der Waals surface area contributed by atoms with Crippen molar-refractivity contribution in [3.63, 3.8) is 0 Å². The van der Waals surface area contributed by atoms with Crippen LogP contribution in [0.1, 0.15) is 14.4 Å². The smallest absolute Gasteiger partial charge is 0.0805 e. The molecule has 0 saturated carbocycles. The fourth-order valence-electron chi connectivity index (χ4n) is 0.366. The van der Waals surface area contributed by atoms with E-state index in [0.717, 1.165) is 12.2 Å². The lowest BCUT2D eigenvalue weighted by atomic mass is 10.5. The predicted octanol–water partition coefficient (Wildman–Crippen LogP) is 1.99. The van der Waals surface area contributed by atoms with Gasteiger partial charge in [0, 0.05) is 0 Å². The second-order valence-electron chi connectivity index (χ2n) is 1.27. The summed E-state index contributed by atoms with van der Waals surface area (Å²) in [6.45, 7) is 2.72. The molecule has 0 aromatic carbocycles. The van der Waals surface area contributed by atoms with E-state index in [1.807, 2.05) is 13.0 Å². The zero-order chi connectivity index (χ0) is 4.41. The van der Waals surface area contributed by atoms with Crippen LogP contribution in [0.3, 0.4) is 0 Å². The first-order valence-electron chi connectivity index (χ1n) is 1.94. The van der Waals surface area contributed by atoms with Crippen LogP contribution in [0.25, 0.3) is 0 Å². The highest BCUT2D eigenvalue weighted by atomic mass is 15.1. The van der Waals surface area contributed by atoms with Crippen molar-refractivity contribution in [1.29, 1.82) is 0 Å². The second-order valence-corrected chi connectivity index (χ2v) is 1.27. The van der Waals surface area contributed by atoms with Gasteiger partial charge in [0.05, 0.1) is 12.2 Å². The highest BCUT2D eigenvalue weighted by molar-refractivity contribution is 4.99. The van der Waals surface area contributed by atoms with Crippen LogP contribution in [0.2, 0.25) is 0 Å². The van der Waals surface area contributed by atoms with Crippen LogP contribution in [0.4, 0.5) is 0 Å². The van der Waals surface area contributed by atoms with E-state index in [-0.39, 0.29) is 7.43 Å². The molecule has 0 spiro atoms. The van der Waals surface area contributed by atoms with Gasteiger partial charge in [-0.2, -0.15) is 10.2 Å². The van der Waals surface area contributed by atoms with Gasteiger partial charge in [0.15, 0.2) is 0 Å². The van der Waals surface area contributed by atoms with Crippen LogP contribution >= 0.6 is 0 Å². The van der Waals surface area contributed by atoms with Gasteiger partial charge in [0.1, 0.15) is 0 Å². The Balaban J connectivity index is 0.000000360. The average Bonchev–Trinajstić information content (AvgIpc) is 1.86. The molecule has 1 rings (SSSR count). The molecule has 0 aliphatic carbocycles. The minimum atomic E-state index is 0. The molecule has 0 bridgehead atoms. The maximum atomic E-state index is 3.72. The van der Waals surface area contributed by atoms with Gasteiger partial charge in [-0.3, -0.25) is 0 Å². The third kappa shape index (κ3) is 1.48. The quantitative estimate of drug-likeness (QED) is 0.442. The van der Waals surface area contributed by atoms with Crippen molar-refractivity contribution in [2.75, 3.05) is 6.54 Å². The number of azo groups is 1. The van der Waals surface area contributed by atoms with E-state index in [2.05, 4.69) is 10.2 Å². The summed E-state index contributed by atoms with van der Waals surface area (Å²) in [7, 11) is 0. The van der Waals surface area contributed by atoms with Crippen LogP contribution in [-0.4, -0.2) is 6.54 Å². The van der Waals surface area contributed by atoms with Crippen LogP contribution in [0.5, 0.6) is 0 Å². The van der Waals surface area contributed by atoms with Gasteiger partial charge in [0.2, 0.25) is 0 Å². The van der Waals surface area contributed by atoms with Gasteiger partial charge in [-0.1, -0.05) is 7.43 Å². The van der Waals surface area contributed by atoms with Gasteiger partial charge < -0.3 is 0 Å². The molecule has 0 radical (unpaired) electrons. The van der Waals surface area contributed by atoms with Crippen molar-refractivity contribution < 1.29 is 0 Å². The van der Waals surface area contributed by atoms with Gasteiger partial charge >= 0.3 is 0 Å². The molecule has 1 aliphatic rings. The minimum absolute atomic E-state index is 0. The van der Waals surface area contributed by atoms with Crippen molar-refractivity contribution in [2.45, 2.75) is 14.4 Å². The number of hydrogen-bond donors (Lipinski definition) is 0. The second kappa shape index (κ2) is 2.50. The van der Waals surface area contributed by atoms with E-state index in [9.17, 15) is 0 Å². The maximum Gasteiger partial charge on any atom is 0.0805 e. The first-order chi connectivity index (χ1) is 2.89. The van der Waals surface area contributed by atoms with Crippen LogP contribution in [0.15, 0.2) is 22.0 Å². The molecule has 0 fully saturated rings. The molecular formula is C5H10N2. The van der Waals surface area contributed by atoms with E-state index < -0.39 is 0 Å². The van der Waals surface area contributed by atoms with Crippen LogP contribution in [-0.2, 0) is 0 Å². The number of hydrogen-bond acceptors (Lipinski definition) is 2. The Bertz CT molecular complexity index is 99.9. The summed E-state index contributed by atoms with van der Waals surface area (Å²) in [4.78, 5) is 0. The van der Waals surface area contributed by atoms with Crippen molar-refractivity contribution >= 4 is 0 Å². The zero-order valence-corrected chi connectivity index (χ0v) is 3.68. The average molecular weight is 98.1 g/mol. The molecule has 0 N–H and O–H groups in total. The normalized spacial score (nSPS) is 15.9. The molecule has 0 aromatic rings. The topological polar surface area (TPSA) is 24.7 Å². The first-order valence-corrected chi connectivity index (χ1v) is 1.94. The van der Waals surface area contributed by atoms with E-state index in [1.54, 1.807) is 0 Å². The maximum absolute atomic E-state index is 3.72. The van der Waals surface area contributed by atoms with E-state index in [1.165, 1.54) is 0 Å². The Morgan fingerprint density at radius 2 is 2.43 bits per heavy atom. The molecule has 2 heteroatoms. The Morgan fingerprint density at radius 1 is 1.71 bits per heavy atom. The number of nitrogens with zero attached hydrogens (tertiary/aromatic N) is 2. The fraction of sp³-hybridized carbons (Fsp3) is 0.600. The molecule has 2 nitrogen and oxygen atoms in total. The van der Waals surface area contributed by atoms with E-state index >= 15 is 0 Å². The first kappa shape index (κ1) is 6.34. The molecule has 7 heavy (non-hydrogen) atoms. The molecule has 40 valence electrons. The lowest BCUT2D eigenvalue weighted by molar-refractivity contribution is 1.11. The highest BCUT2D eigenvalue weighted by Gasteiger charge is 1.87. The molecule has 0 amide bonds. The summed E-state index contributed by atoms with van der Waals surface area (Å²) < 4.78 is 0. The van der Waals surface area contributed by atoms with Crippen molar-refractivity contribution in [2.24, 2.45) is 10.2 Å². The molecule has 0 aromatic heterocycles. The summed E-state index contributed by atoms with van der Waals surface area (Å²) in [5.74, 6) is 0. The standard InChI is InChI=1S/C4H6N2.CH4/c1-4-2-3-5-6-4;/h2H,3H2,1H3;1H4. The lowest BCUT2D eigenvalue weighted by Crippen LogP contribution is -1.57. The third-order valence-corrected chi connectivity index (χ3v) is 0.697. The number of allylic oxidation sites excluding steroid dienone is 1. The Kier molecular flexibility index (Phi) is 2.27. The molecule has 0 atom stereocenters. The van der Waals surface area contributed by atoms with Crippen molar-refractivity contribution in [3.05, 3.63) is 11.8 Å². The summed E-state index contributed by atoms with van der Waals surface area (Å²) in [6.07, 6.45) is 1.99. The van der Waals surface area contributed by atoms with Crippen molar-refractivity contribution in [3.8, 4) is 0 Å². The van der Waals surface area contributed by atoms with E-state index in [4.69, 9.17) is 0 Å². The minimum Gasteiger partial charge on any atom is -0.185 e. The van der Waals surface area contributed by atoms with Crippen molar-refractivity contribution in [1.82, 2.24) is 0 Å². The summed E-state index contributed by atoms with van der Waals surface area (Å²) in [5, 5.41) is 7.42. The largest absolute Gasteiger partial charge is 0.185 e. The molecule has 1 heterocycles.